The molecule has 0 N–H and O–H groups in total. The van der Waals surface area contributed by atoms with Crippen LogP contribution in [0.3, 0.4) is 0 Å². The van der Waals surface area contributed by atoms with Gasteiger partial charge in [0.2, 0.25) is 0 Å². The van der Waals surface area contributed by atoms with Gasteiger partial charge in [-0.25, -0.2) is 4.98 Å². The summed E-state index contributed by atoms with van der Waals surface area (Å²) in [6.07, 6.45) is 3.92. The molecule has 4 aromatic rings. The first-order valence-electron chi connectivity index (χ1n) is 8.61. The summed E-state index contributed by atoms with van der Waals surface area (Å²) in [5.41, 5.74) is 4.99. The Morgan fingerprint density at radius 3 is 2.85 bits per heavy atom. The number of pyridine rings is 1. The minimum absolute atomic E-state index is 0.659. The van der Waals surface area contributed by atoms with E-state index in [0.29, 0.717) is 10.0 Å². The molecule has 0 amide bonds. The number of fused-ring (bicyclic) bond motifs is 2. The first-order chi connectivity index (χ1) is 12.7. The van der Waals surface area contributed by atoms with Gasteiger partial charge in [-0.15, -0.1) is 0 Å². The molecule has 5 heteroatoms. The van der Waals surface area contributed by atoms with E-state index in [2.05, 4.69) is 33.8 Å². The zero-order chi connectivity index (χ0) is 17.7. The maximum atomic E-state index is 6.49. The highest BCUT2D eigenvalue weighted by atomic mass is 35.5. The molecule has 0 saturated carbocycles. The average molecular weight is 380 g/mol. The van der Waals surface area contributed by atoms with Crippen molar-refractivity contribution < 1.29 is 0 Å². The van der Waals surface area contributed by atoms with E-state index in [1.807, 2.05) is 24.4 Å². The lowest BCUT2D eigenvalue weighted by atomic mass is 10.0. The summed E-state index contributed by atoms with van der Waals surface area (Å²) >= 11 is 12.7. The summed E-state index contributed by atoms with van der Waals surface area (Å²) in [5, 5.41) is 2.43. The third kappa shape index (κ3) is 2.51. The van der Waals surface area contributed by atoms with Gasteiger partial charge in [-0.2, -0.15) is 0 Å². The molecular weight excluding hydrogens is 365 g/mol. The van der Waals surface area contributed by atoms with Crippen molar-refractivity contribution in [3.05, 3.63) is 70.6 Å². The van der Waals surface area contributed by atoms with E-state index in [0.717, 1.165) is 58.6 Å². The number of hydrogen-bond donors (Lipinski definition) is 0. The number of hydrogen-bond acceptors (Lipinski definition) is 2. The molecule has 0 unspecified atom stereocenters. The molecule has 26 heavy (non-hydrogen) atoms. The van der Waals surface area contributed by atoms with E-state index in [4.69, 9.17) is 28.2 Å². The maximum Gasteiger partial charge on any atom is 0.109 e. The van der Waals surface area contributed by atoms with Crippen LogP contribution in [0.15, 0.2) is 54.7 Å². The third-order valence-electron chi connectivity index (χ3n) is 4.89. The van der Waals surface area contributed by atoms with Crippen LogP contribution in [0.5, 0.6) is 0 Å². The standard InChI is InChI=1S/C21H15Cl2N3/c22-15-6-7-17(23)16(12-15)20-21(26-10-2-4-19(26)25-20)14-5-8-18-13(11-14)3-1-9-24-18/h1,3,5-9,11-12H,2,4,10H2. The quantitative estimate of drug-likeness (QED) is 0.426. The predicted octanol–water partition coefficient (Wildman–Crippen LogP) is 6.02. The van der Waals surface area contributed by atoms with Crippen LogP contribution in [0.1, 0.15) is 12.2 Å². The van der Waals surface area contributed by atoms with Crippen LogP contribution >= 0.6 is 23.2 Å². The van der Waals surface area contributed by atoms with E-state index in [9.17, 15) is 0 Å². The van der Waals surface area contributed by atoms with Gasteiger partial charge in [-0.3, -0.25) is 4.98 Å². The zero-order valence-corrected chi connectivity index (χ0v) is 15.4. The van der Waals surface area contributed by atoms with Crippen molar-refractivity contribution in [3.63, 3.8) is 0 Å². The normalized spacial score (nSPS) is 13.3. The Morgan fingerprint density at radius 2 is 1.92 bits per heavy atom. The van der Waals surface area contributed by atoms with E-state index < -0.39 is 0 Å². The van der Waals surface area contributed by atoms with Crippen LogP contribution in [0, 0.1) is 0 Å². The topological polar surface area (TPSA) is 30.7 Å². The van der Waals surface area contributed by atoms with Gasteiger partial charge in [0.15, 0.2) is 0 Å². The number of nitrogens with zero attached hydrogens (tertiary/aromatic N) is 3. The molecule has 1 aliphatic rings. The van der Waals surface area contributed by atoms with Gasteiger partial charge < -0.3 is 4.57 Å². The van der Waals surface area contributed by atoms with Crippen molar-refractivity contribution >= 4 is 34.1 Å². The molecule has 0 fully saturated rings. The minimum atomic E-state index is 0.659. The smallest absolute Gasteiger partial charge is 0.109 e. The van der Waals surface area contributed by atoms with Crippen molar-refractivity contribution in [2.75, 3.05) is 0 Å². The van der Waals surface area contributed by atoms with Gasteiger partial charge >= 0.3 is 0 Å². The molecule has 0 atom stereocenters. The van der Waals surface area contributed by atoms with E-state index in [1.54, 1.807) is 6.07 Å². The Morgan fingerprint density at radius 1 is 1.00 bits per heavy atom. The van der Waals surface area contributed by atoms with E-state index in [-0.39, 0.29) is 0 Å². The number of halogens is 2. The Bertz CT molecular complexity index is 1150. The van der Waals surface area contributed by atoms with Gasteiger partial charge in [0.25, 0.3) is 0 Å². The highest BCUT2D eigenvalue weighted by Crippen LogP contribution is 2.40. The van der Waals surface area contributed by atoms with Crippen molar-refractivity contribution in [2.24, 2.45) is 0 Å². The van der Waals surface area contributed by atoms with Crippen LogP contribution in [0.25, 0.3) is 33.4 Å². The number of aromatic nitrogens is 3. The maximum absolute atomic E-state index is 6.49. The molecule has 3 heterocycles. The summed E-state index contributed by atoms with van der Waals surface area (Å²) in [6.45, 7) is 0.973. The number of benzene rings is 2. The highest BCUT2D eigenvalue weighted by Gasteiger charge is 2.24. The van der Waals surface area contributed by atoms with Gasteiger partial charge in [0, 0.05) is 40.7 Å². The molecule has 1 aliphatic heterocycles. The van der Waals surface area contributed by atoms with Gasteiger partial charge in [0.1, 0.15) is 5.82 Å². The lowest BCUT2D eigenvalue weighted by molar-refractivity contribution is 0.756. The molecule has 2 aromatic heterocycles. The molecule has 2 aromatic carbocycles. The van der Waals surface area contributed by atoms with Gasteiger partial charge in [-0.1, -0.05) is 35.3 Å². The molecule has 0 saturated heterocycles. The fourth-order valence-electron chi connectivity index (χ4n) is 3.71. The van der Waals surface area contributed by atoms with Crippen molar-refractivity contribution in [1.29, 1.82) is 0 Å². The first kappa shape index (κ1) is 15.9. The van der Waals surface area contributed by atoms with Gasteiger partial charge in [0.05, 0.1) is 21.9 Å². The van der Waals surface area contributed by atoms with Crippen LogP contribution in [-0.2, 0) is 13.0 Å². The van der Waals surface area contributed by atoms with Crippen LogP contribution in [-0.4, -0.2) is 14.5 Å². The van der Waals surface area contributed by atoms with Crippen LogP contribution in [0.2, 0.25) is 10.0 Å². The fraction of sp³-hybridized carbons (Fsp3) is 0.143. The Kier molecular flexibility index (Phi) is 3.73. The Hall–Kier alpha value is -2.36. The zero-order valence-electron chi connectivity index (χ0n) is 13.9. The second kappa shape index (κ2) is 6.11. The summed E-state index contributed by atoms with van der Waals surface area (Å²) in [6, 6.07) is 15.9. The number of imidazole rings is 1. The summed E-state index contributed by atoms with van der Waals surface area (Å²) in [5.74, 6) is 1.11. The summed E-state index contributed by atoms with van der Waals surface area (Å²) in [4.78, 5) is 9.35. The second-order valence-electron chi connectivity index (χ2n) is 6.52. The summed E-state index contributed by atoms with van der Waals surface area (Å²) in [7, 11) is 0. The van der Waals surface area contributed by atoms with Crippen molar-refractivity contribution in [1.82, 2.24) is 14.5 Å². The molecule has 3 nitrogen and oxygen atoms in total. The molecule has 0 aliphatic carbocycles. The second-order valence-corrected chi connectivity index (χ2v) is 7.36. The monoisotopic (exact) mass is 379 g/mol. The molecule has 0 spiro atoms. The predicted molar refractivity (Wildman–Crippen MR) is 107 cm³/mol. The Labute approximate surface area is 161 Å². The molecule has 0 bridgehead atoms. The van der Waals surface area contributed by atoms with Crippen molar-refractivity contribution in [2.45, 2.75) is 19.4 Å². The van der Waals surface area contributed by atoms with Gasteiger partial charge in [-0.05, 0) is 42.8 Å². The highest BCUT2D eigenvalue weighted by molar-refractivity contribution is 6.35. The number of aryl methyl sites for hydroxylation is 1. The lowest BCUT2D eigenvalue weighted by Gasteiger charge is -2.11. The molecular formula is C21H15Cl2N3. The van der Waals surface area contributed by atoms with Crippen LogP contribution < -0.4 is 0 Å². The fourth-order valence-corrected chi connectivity index (χ4v) is 4.09. The minimum Gasteiger partial charge on any atom is -0.327 e. The number of rotatable bonds is 2. The van der Waals surface area contributed by atoms with E-state index in [1.165, 1.54) is 0 Å². The third-order valence-corrected chi connectivity index (χ3v) is 5.45. The van der Waals surface area contributed by atoms with Crippen molar-refractivity contribution in [3.8, 4) is 22.5 Å². The summed E-state index contributed by atoms with van der Waals surface area (Å²) < 4.78 is 2.31. The lowest BCUT2D eigenvalue weighted by Crippen LogP contribution is -1.96. The SMILES string of the molecule is Clc1ccc(Cl)c(-c2nc3n(c2-c2ccc4ncccc4c2)CCC3)c1. The van der Waals surface area contributed by atoms with E-state index >= 15 is 0 Å². The molecule has 5 rings (SSSR count). The first-order valence-corrected chi connectivity index (χ1v) is 9.36. The molecule has 128 valence electrons. The van der Waals surface area contributed by atoms with Crippen LogP contribution in [0.4, 0.5) is 0 Å². The Balaban J connectivity index is 1.78. The molecule has 0 radical (unpaired) electrons. The average Bonchev–Trinajstić information content (AvgIpc) is 3.24. The largest absolute Gasteiger partial charge is 0.327 e.